The Hall–Kier alpha value is -4.94. The van der Waals surface area contributed by atoms with Gasteiger partial charge in [-0.3, -0.25) is 0 Å². The lowest BCUT2D eigenvalue weighted by Gasteiger charge is -2.32. The molecule has 0 saturated heterocycles. The van der Waals surface area contributed by atoms with Gasteiger partial charge < -0.3 is 0 Å². The first kappa shape index (κ1) is 25.5. The monoisotopic (exact) mass is 562 g/mol. The van der Waals surface area contributed by atoms with Crippen LogP contribution >= 0.6 is 0 Å². The van der Waals surface area contributed by atoms with Crippen LogP contribution in [0.25, 0.3) is 66.1 Å². The van der Waals surface area contributed by atoms with E-state index in [0.29, 0.717) is 0 Å². The fourth-order valence-corrected chi connectivity index (χ4v) is 8.57. The average Bonchev–Trinajstić information content (AvgIpc) is 3.44. The normalized spacial score (nSPS) is 15.2. The van der Waals surface area contributed by atoms with E-state index in [0.717, 1.165) is 0 Å². The van der Waals surface area contributed by atoms with E-state index in [1.54, 1.807) is 0 Å². The van der Waals surface area contributed by atoms with E-state index >= 15 is 0 Å². The predicted octanol–water partition coefficient (Wildman–Crippen LogP) is 11.9. The first-order chi connectivity index (χ1) is 21.4. The molecular formula is C44H34. The average molecular weight is 563 g/mol. The Morgan fingerprint density at radius 1 is 0.341 bits per heavy atom. The van der Waals surface area contributed by atoms with Gasteiger partial charge in [-0.1, -0.05) is 149 Å². The summed E-state index contributed by atoms with van der Waals surface area (Å²) in [6, 6.07) is 50.0. The van der Waals surface area contributed by atoms with Crippen LogP contribution in [0.15, 0.2) is 133 Å². The molecule has 0 fully saturated rings. The molecule has 2 aliphatic carbocycles. The van der Waals surface area contributed by atoms with Crippen LogP contribution in [-0.4, -0.2) is 0 Å². The van der Waals surface area contributed by atoms with Crippen molar-refractivity contribution in [1.82, 2.24) is 0 Å². The second kappa shape index (κ2) is 8.80. The van der Waals surface area contributed by atoms with Gasteiger partial charge in [0.1, 0.15) is 0 Å². The molecule has 0 heterocycles. The molecule has 9 rings (SSSR count). The Bertz CT molecular complexity index is 2240. The molecule has 0 aromatic heterocycles. The van der Waals surface area contributed by atoms with Crippen LogP contribution in [0.3, 0.4) is 0 Å². The quantitative estimate of drug-likeness (QED) is 0.197. The summed E-state index contributed by atoms with van der Waals surface area (Å²) >= 11 is 0. The highest BCUT2D eigenvalue weighted by molar-refractivity contribution is 6.10. The highest BCUT2D eigenvalue weighted by atomic mass is 14.5. The third kappa shape index (κ3) is 3.29. The Labute approximate surface area is 259 Å². The molecule has 0 saturated carbocycles. The zero-order valence-electron chi connectivity index (χ0n) is 25.7. The summed E-state index contributed by atoms with van der Waals surface area (Å²) in [5.41, 5.74) is 16.3. The maximum absolute atomic E-state index is 2.44. The topological polar surface area (TPSA) is 0 Å². The van der Waals surface area contributed by atoms with Crippen LogP contribution in [0.1, 0.15) is 49.9 Å². The van der Waals surface area contributed by atoms with Crippen LogP contribution in [0, 0.1) is 0 Å². The summed E-state index contributed by atoms with van der Waals surface area (Å²) in [5.74, 6) is 0. The predicted molar refractivity (Wildman–Crippen MR) is 187 cm³/mol. The smallest absolute Gasteiger partial charge is 0.0165 e. The van der Waals surface area contributed by atoms with Gasteiger partial charge in [0, 0.05) is 10.8 Å². The molecule has 0 bridgehead atoms. The lowest BCUT2D eigenvalue weighted by atomic mass is 9.70. The molecular weight excluding hydrogens is 528 g/mol. The Morgan fingerprint density at radius 3 is 1.20 bits per heavy atom. The Kier molecular flexibility index (Phi) is 5.11. The van der Waals surface area contributed by atoms with Crippen LogP contribution < -0.4 is 0 Å². The van der Waals surface area contributed by atoms with Gasteiger partial charge in [0.2, 0.25) is 0 Å². The van der Waals surface area contributed by atoms with E-state index in [4.69, 9.17) is 0 Å². The van der Waals surface area contributed by atoms with Crippen LogP contribution in [0.2, 0.25) is 0 Å². The molecule has 44 heavy (non-hydrogen) atoms. The Balaban J connectivity index is 1.53. The van der Waals surface area contributed by atoms with Gasteiger partial charge in [0.25, 0.3) is 0 Å². The second-order valence-corrected chi connectivity index (χ2v) is 13.7. The molecule has 7 aromatic rings. The fraction of sp³-hybridized carbons (Fsp3) is 0.136. The summed E-state index contributed by atoms with van der Waals surface area (Å²) in [7, 11) is 0. The summed E-state index contributed by atoms with van der Waals surface area (Å²) in [5, 5.41) is 5.12. The number of benzene rings is 7. The van der Waals surface area contributed by atoms with Crippen molar-refractivity contribution in [1.29, 1.82) is 0 Å². The largest absolute Gasteiger partial charge is 0.0619 e. The molecule has 0 nitrogen and oxygen atoms in total. The van der Waals surface area contributed by atoms with Crippen molar-refractivity contribution in [2.45, 2.75) is 38.5 Å². The molecule has 0 aliphatic heterocycles. The first-order valence-corrected chi connectivity index (χ1v) is 15.8. The number of hydrogen-bond donors (Lipinski definition) is 0. The van der Waals surface area contributed by atoms with Gasteiger partial charge in [0.05, 0.1) is 0 Å². The van der Waals surface area contributed by atoms with E-state index in [2.05, 4.69) is 161 Å². The van der Waals surface area contributed by atoms with E-state index in [1.165, 1.54) is 88.3 Å². The maximum atomic E-state index is 2.44. The second-order valence-electron chi connectivity index (χ2n) is 13.7. The summed E-state index contributed by atoms with van der Waals surface area (Å²) in [6.07, 6.45) is 0. The zero-order valence-corrected chi connectivity index (χ0v) is 25.7. The first-order valence-electron chi connectivity index (χ1n) is 15.8. The molecule has 0 unspecified atom stereocenters. The fourth-order valence-electron chi connectivity index (χ4n) is 8.57. The van der Waals surface area contributed by atoms with Gasteiger partial charge in [-0.15, -0.1) is 0 Å². The standard InChI is InChI=1S/C44H34/c1-43(2)35-19-11-9-17-33(35)39-37(31-23-21-27-13-5-7-15-29(27)25-31)40-34-18-10-12-20-36(34)44(3,4)42(40)38(41(39)43)32-24-22-28-14-6-8-16-30(28)26-32/h5-26H,1-4H3. The summed E-state index contributed by atoms with van der Waals surface area (Å²) < 4.78 is 0. The van der Waals surface area contributed by atoms with Gasteiger partial charge in [-0.25, -0.2) is 0 Å². The van der Waals surface area contributed by atoms with E-state index in [1.807, 2.05) is 0 Å². The molecule has 7 aromatic carbocycles. The minimum Gasteiger partial charge on any atom is -0.0619 e. The van der Waals surface area contributed by atoms with Crippen LogP contribution in [0.4, 0.5) is 0 Å². The van der Waals surface area contributed by atoms with Crippen molar-refractivity contribution in [3.8, 4) is 44.5 Å². The third-order valence-corrected chi connectivity index (χ3v) is 10.6. The van der Waals surface area contributed by atoms with Crippen molar-refractivity contribution in [2.24, 2.45) is 0 Å². The van der Waals surface area contributed by atoms with E-state index in [9.17, 15) is 0 Å². The molecule has 2 aliphatic rings. The van der Waals surface area contributed by atoms with Crippen molar-refractivity contribution in [2.75, 3.05) is 0 Å². The molecule has 0 radical (unpaired) electrons. The lowest BCUT2D eigenvalue weighted by Crippen LogP contribution is -2.21. The number of fused-ring (bicyclic) bond motifs is 8. The Morgan fingerprint density at radius 2 is 0.727 bits per heavy atom. The number of rotatable bonds is 2. The highest BCUT2D eigenvalue weighted by Gasteiger charge is 2.47. The van der Waals surface area contributed by atoms with Crippen molar-refractivity contribution >= 4 is 21.5 Å². The van der Waals surface area contributed by atoms with Crippen molar-refractivity contribution in [3.63, 3.8) is 0 Å². The van der Waals surface area contributed by atoms with Gasteiger partial charge in [-0.2, -0.15) is 0 Å². The van der Waals surface area contributed by atoms with Crippen LogP contribution in [0.5, 0.6) is 0 Å². The lowest BCUT2D eigenvalue weighted by molar-refractivity contribution is 0.643. The van der Waals surface area contributed by atoms with Crippen LogP contribution in [-0.2, 0) is 10.8 Å². The molecule has 0 N–H and O–H groups in total. The zero-order chi connectivity index (χ0) is 29.8. The van der Waals surface area contributed by atoms with Gasteiger partial charge in [-0.05, 0) is 100 Å². The molecule has 0 spiro atoms. The minimum absolute atomic E-state index is 0.168. The van der Waals surface area contributed by atoms with Crippen molar-refractivity contribution in [3.05, 3.63) is 156 Å². The van der Waals surface area contributed by atoms with E-state index < -0.39 is 0 Å². The molecule has 0 heteroatoms. The third-order valence-electron chi connectivity index (χ3n) is 10.6. The van der Waals surface area contributed by atoms with Gasteiger partial charge >= 0.3 is 0 Å². The summed E-state index contributed by atoms with van der Waals surface area (Å²) in [4.78, 5) is 0. The molecule has 0 atom stereocenters. The SMILES string of the molecule is CC1(C)c2ccccc2-c2c(-c3ccc4ccccc4c3)c3c(c(-c4ccc5ccccc5c4)c21)C(C)(C)c1ccccc1-3. The van der Waals surface area contributed by atoms with Crippen molar-refractivity contribution < 1.29 is 0 Å². The van der Waals surface area contributed by atoms with E-state index in [-0.39, 0.29) is 10.8 Å². The highest BCUT2D eigenvalue weighted by Crippen LogP contribution is 2.64. The molecule has 210 valence electrons. The van der Waals surface area contributed by atoms with Gasteiger partial charge in [0.15, 0.2) is 0 Å². The summed E-state index contributed by atoms with van der Waals surface area (Å²) in [6.45, 7) is 9.75. The minimum atomic E-state index is -0.168. The maximum Gasteiger partial charge on any atom is 0.0165 e. The number of hydrogen-bond acceptors (Lipinski definition) is 0. The molecule has 0 amide bonds.